The van der Waals surface area contributed by atoms with Gasteiger partial charge in [-0.25, -0.2) is 17.9 Å². The summed E-state index contributed by atoms with van der Waals surface area (Å²) in [6, 6.07) is 4.73. The second-order valence-corrected chi connectivity index (χ2v) is 10.4. The molecule has 1 unspecified atom stereocenters. The molecular weight excluding hydrogens is 411 g/mol. The molecule has 1 fully saturated rings. The van der Waals surface area contributed by atoms with Gasteiger partial charge < -0.3 is 19.7 Å². The zero-order valence-electron chi connectivity index (χ0n) is 18.1. The van der Waals surface area contributed by atoms with E-state index >= 15 is 0 Å². The monoisotopic (exact) mass is 440 g/mol. The molecule has 2 amide bonds. The summed E-state index contributed by atoms with van der Waals surface area (Å²) in [5.74, 6) is -0.964. The van der Waals surface area contributed by atoms with E-state index in [1.807, 2.05) is 32.4 Å². The first-order valence-electron chi connectivity index (χ1n) is 9.66. The number of hydrogen-bond acceptors (Lipinski definition) is 6. The van der Waals surface area contributed by atoms with Crippen LogP contribution in [0.1, 0.15) is 48.0 Å². The molecule has 0 aliphatic carbocycles. The molecule has 1 saturated heterocycles. The fourth-order valence-electron chi connectivity index (χ4n) is 2.92. The fourth-order valence-corrected chi connectivity index (χ4v) is 4.00. The van der Waals surface area contributed by atoms with Gasteiger partial charge in [0, 0.05) is 0 Å². The molecule has 9 nitrogen and oxygen atoms in total. The van der Waals surface area contributed by atoms with E-state index in [0.717, 1.165) is 0 Å². The van der Waals surface area contributed by atoms with Crippen LogP contribution in [-0.4, -0.2) is 49.9 Å². The Balaban J connectivity index is 2.23. The molecule has 0 radical (unpaired) electrons. The molecule has 0 bridgehead atoms. The van der Waals surface area contributed by atoms with E-state index in [1.165, 1.54) is 18.2 Å². The first-order chi connectivity index (χ1) is 13.6. The van der Waals surface area contributed by atoms with E-state index in [2.05, 4.69) is 5.32 Å². The molecule has 0 aromatic heterocycles. The summed E-state index contributed by atoms with van der Waals surface area (Å²) >= 11 is 0. The minimum absolute atomic E-state index is 0.0259. The number of carboxylic acid groups (broad SMARTS) is 1. The molecule has 11 heteroatoms. The lowest BCUT2D eigenvalue weighted by molar-refractivity contribution is -0.121. The Bertz CT molecular complexity index is 899. The second kappa shape index (κ2) is 8.56. The van der Waals surface area contributed by atoms with Gasteiger partial charge in [0.15, 0.2) is 0 Å². The summed E-state index contributed by atoms with van der Waals surface area (Å²) in [6.45, 7) is 11.1. The summed E-state index contributed by atoms with van der Waals surface area (Å²) in [7, 11) is -4.99. The van der Waals surface area contributed by atoms with Crippen LogP contribution in [0.4, 0.5) is 4.79 Å². The first kappa shape index (κ1) is 24.2. The molecule has 1 heterocycles. The number of carbonyl (C=O) groups excluding carboxylic acids is 1. The van der Waals surface area contributed by atoms with Gasteiger partial charge in [0.2, 0.25) is 0 Å². The Kier molecular flexibility index (Phi) is 6.90. The van der Waals surface area contributed by atoms with Crippen molar-refractivity contribution in [1.82, 2.24) is 10.0 Å². The Morgan fingerprint density at radius 2 is 1.70 bits per heavy atom. The minimum atomic E-state index is -4.23. The summed E-state index contributed by atoms with van der Waals surface area (Å²) in [5.41, 5.74) is -0.688. The van der Waals surface area contributed by atoms with Crippen LogP contribution in [0.3, 0.4) is 0 Å². The van der Waals surface area contributed by atoms with Crippen LogP contribution in [0.25, 0.3) is 0 Å². The molecule has 3 N–H and O–H groups in total. The highest BCUT2D eigenvalue weighted by molar-refractivity contribution is 7.90. The number of nitrogens with one attached hydrogen (secondary N) is 2. The Morgan fingerprint density at radius 1 is 1.13 bits per heavy atom. The van der Waals surface area contributed by atoms with Crippen LogP contribution in [0, 0.1) is 5.92 Å². The van der Waals surface area contributed by atoms with Gasteiger partial charge in [-0.3, -0.25) is 4.79 Å². The van der Waals surface area contributed by atoms with Gasteiger partial charge in [0.25, 0.3) is 15.9 Å². The lowest BCUT2D eigenvalue weighted by atomic mass is 9.79. The van der Waals surface area contributed by atoms with Gasteiger partial charge >= 0.3 is 13.2 Å². The Morgan fingerprint density at radius 3 is 2.20 bits per heavy atom. The number of rotatable bonds is 7. The molecule has 0 saturated carbocycles. The molecular formula is C19H29BN2O7S. The fraction of sp³-hybridized carbons (Fsp3) is 0.579. The minimum Gasteiger partial charge on any atom is -0.465 e. The van der Waals surface area contributed by atoms with E-state index in [4.69, 9.17) is 14.4 Å². The molecule has 2 rings (SSSR count). The lowest BCUT2D eigenvalue weighted by Gasteiger charge is -2.32. The quantitative estimate of drug-likeness (QED) is 0.548. The highest BCUT2D eigenvalue weighted by Crippen LogP contribution is 2.36. The van der Waals surface area contributed by atoms with E-state index in [9.17, 15) is 18.0 Å². The smallest absolute Gasteiger partial charge is 0.465 e. The predicted octanol–water partition coefficient (Wildman–Crippen LogP) is 1.47. The van der Waals surface area contributed by atoms with Crippen molar-refractivity contribution in [1.29, 1.82) is 0 Å². The van der Waals surface area contributed by atoms with Crippen molar-refractivity contribution in [3.63, 3.8) is 0 Å². The van der Waals surface area contributed by atoms with Crippen molar-refractivity contribution >= 4 is 34.6 Å². The average Bonchev–Trinajstić information content (AvgIpc) is 2.81. The van der Waals surface area contributed by atoms with Gasteiger partial charge in [-0.2, -0.15) is 0 Å². The van der Waals surface area contributed by atoms with Gasteiger partial charge in [-0.05, 0) is 57.6 Å². The largest absolute Gasteiger partial charge is 0.494 e. The van der Waals surface area contributed by atoms with E-state index < -0.39 is 46.4 Å². The highest BCUT2D eigenvalue weighted by atomic mass is 32.2. The maximum absolute atomic E-state index is 12.8. The highest BCUT2D eigenvalue weighted by Gasteiger charge is 2.51. The molecule has 1 aromatic carbocycles. The van der Waals surface area contributed by atoms with Crippen molar-refractivity contribution in [3.05, 3.63) is 24.3 Å². The topological polar surface area (TPSA) is 131 Å². The molecule has 1 aliphatic heterocycles. The number of benzene rings is 1. The normalized spacial score (nSPS) is 18.8. The molecule has 30 heavy (non-hydrogen) atoms. The van der Waals surface area contributed by atoms with Crippen LogP contribution in [0.15, 0.2) is 29.2 Å². The number of amides is 2. The van der Waals surface area contributed by atoms with Crippen molar-refractivity contribution in [3.8, 4) is 0 Å². The average molecular weight is 440 g/mol. The van der Waals surface area contributed by atoms with Crippen molar-refractivity contribution < 1.29 is 32.4 Å². The third-order valence-corrected chi connectivity index (χ3v) is 6.59. The van der Waals surface area contributed by atoms with Crippen LogP contribution in [0.2, 0.25) is 0 Å². The number of sulfonamides is 1. The van der Waals surface area contributed by atoms with Crippen LogP contribution >= 0.6 is 0 Å². The summed E-state index contributed by atoms with van der Waals surface area (Å²) in [4.78, 5) is 23.3. The van der Waals surface area contributed by atoms with Crippen LogP contribution in [0.5, 0.6) is 0 Å². The van der Waals surface area contributed by atoms with Gasteiger partial charge in [0.05, 0.1) is 16.1 Å². The van der Waals surface area contributed by atoms with Crippen LogP contribution < -0.4 is 15.5 Å². The third-order valence-electron chi connectivity index (χ3n) is 5.25. The molecule has 166 valence electrons. The maximum Gasteiger partial charge on any atom is 0.494 e. The summed E-state index contributed by atoms with van der Waals surface area (Å²) in [5, 5.41) is 11.0. The van der Waals surface area contributed by atoms with Gasteiger partial charge in [-0.15, -0.1) is 0 Å². The standard InChI is InChI=1S/C19H29BN2O7S/c1-12(2)10-15(21-17(24)25)16(23)22-30(26,27)14-9-7-8-13(11-14)20-28-18(3,4)19(5,6)29-20/h7-9,11-12,15,21H,10H2,1-6H3,(H,22,23)(H,24,25). The Labute approximate surface area is 177 Å². The maximum atomic E-state index is 12.8. The zero-order valence-corrected chi connectivity index (χ0v) is 18.9. The van der Waals surface area contributed by atoms with Crippen molar-refractivity contribution in [2.75, 3.05) is 0 Å². The summed E-state index contributed by atoms with van der Waals surface area (Å²) in [6.07, 6.45) is -1.25. The lowest BCUT2D eigenvalue weighted by Crippen LogP contribution is -2.48. The zero-order chi connectivity index (χ0) is 22.9. The van der Waals surface area contributed by atoms with Crippen molar-refractivity contribution in [2.45, 2.75) is 70.1 Å². The van der Waals surface area contributed by atoms with Crippen molar-refractivity contribution in [2.24, 2.45) is 5.92 Å². The molecule has 0 spiro atoms. The molecule has 1 aliphatic rings. The number of carbonyl (C=O) groups is 2. The van der Waals surface area contributed by atoms with Gasteiger partial charge in [0.1, 0.15) is 6.04 Å². The van der Waals surface area contributed by atoms with E-state index in [1.54, 1.807) is 19.9 Å². The third kappa shape index (κ3) is 5.53. The number of hydrogen-bond donors (Lipinski definition) is 3. The van der Waals surface area contributed by atoms with Crippen LogP contribution in [-0.2, 0) is 24.1 Å². The SMILES string of the molecule is CC(C)CC(NC(=O)O)C(=O)NS(=O)(=O)c1cccc(B2OC(C)(C)C(C)(C)O2)c1. The first-order valence-corrected chi connectivity index (χ1v) is 11.1. The van der Waals surface area contributed by atoms with Gasteiger partial charge in [-0.1, -0.05) is 26.0 Å². The predicted molar refractivity (Wildman–Crippen MR) is 112 cm³/mol. The molecule has 1 aromatic rings. The van der Waals surface area contributed by atoms with E-state index in [-0.39, 0.29) is 17.2 Å². The molecule has 1 atom stereocenters. The van der Waals surface area contributed by atoms with E-state index in [0.29, 0.717) is 5.46 Å². The summed E-state index contributed by atoms with van der Waals surface area (Å²) < 4.78 is 39.4. The Hall–Kier alpha value is -2.11. The second-order valence-electron chi connectivity index (χ2n) is 8.76.